The molecule has 1 saturated heterocycles. The van der Waals surface area contributed by atoms with Crippen LogP contribution in [0.25, 0.3) is 0 Å². The van der Waals surface area contributed by atoms with E-state index in [2.05, 4.69) is 29.3 Å². The van der Waals surface area contributed by atoms with Gasteiger partial charge in [0.1, 0.15) is 0 Å². The van der Waals surface area contributed by atoms with Gasteiger partial charge in [0.05, 0.1) is 0 Å². The Balaban J connectivity index is 1.97. The average molecular weight is 267 g/mol. The minimum atomic E-state index is 0.701. The second kappa shape index (κ2) is 7.13. The monoisotopic (exact) mass is 266 g/mol. The first-order valence-corrected chi connectivity index (χ1v) is 7.36. The maximum absolute atomic E-state index is 5.94. The maximum atomic E-state index is 5.94. The number of rotatable bonds is 6. The summed E-state index contributed by atoms with van der Waals surface area (Å²) in [5.41, 5.74) is 1.36. The molecule has 1 aliphatic rings. The fourth-order valence-electron chi connectivity index (χ4n) is 2.53. The van der Waals surface area contributed by atoms with Gasteiger partial charge in [-0.25, -0.2) is 0 Å². The highest BCUT2D eigenvalue weighted by Crippen LogP contribution is 2.16. The lowest BCUT2D eigenvalue weighted by Crippen LogP contribution is -2.37. The molecule has 0 spiro atoms. The zero-order valence-electron chi connectivity index (χ0n) is 11.2. The summed E-state index contributed by atoms with van der Waals surface area (Å²) in [5, 5.41) is 4.28. The van der Waals surface area contributed by atoms with Crippen LogP contribution < -0.4 is 5.32 Å². The van der Waals surface area contributed by atoms with E-state index in [1.807, 2.05) is 12.1 Å². The van der Waals surface area contributed by atoms with Gasteiger partial charge in [-0.3, -0.25) is 4.90 Å². The van der Waals surface area contributed by atoms with Crippen LogP contribution in [0.15, 0.2) is 24.3 Å². The number of halogens is 1. The van der Waals surface area contributed by atoms with Crippen LogP contribution in [0.3, 0.4) is 0 Å². The Morgan fingerprint density at radius 3 is 2.72 bits per heavy atom. The van der Waals surface area contributed by atoms with Crippen LogP contribution in [0.2, 0.25) is 5.02 Å². The van der Waals surface area contributed by atoms with Crippen molar-refractivity contribution in [3.8, 4) is 0 Å². The number of hydrogen-bond donors (Lipinski definition) is 1. The molecule has 1 fully saturated rings. The predicted molar refractivity (Wildman–Crippen MR) is 78.0 cm³/mol. The minimum absolute atomic E-state index is 0.701. The second-order valence-electron chi connectivity index (χ2n) is 5.10. The third-order valence-electron chi connectivity index (χ3n) is 3.65. The van der Waals surface area contributed by atoms with Crippen LogP contribution in [0.1, 0.15) is 31.7 Å². The fourth-order valence-corrected chi connectivity index (χ4v) is 2.65. The van der Waals surface area contributed by atoms with E-state index in [0.717, 1.165) is 24.7 Å². The molecule has 2 rings (SSSR count). The second-order valence-corrected chi connectivity index (χ2v) is 5.53. The quantitative estimate of drug-likeness (QED) is 0.850. The SMILES string of the molecule is CCCCN(Cc1ccc(Cl)cc1)C1CCNC1. The first-order chi connectivity index (χ1) is 8.79. The molecule has 0 amide bonds. The molecular weight excluding hydrogens is 244 g/mol. The molecule has 1 heterocycles. The van der Waals surface area contributed by atoms with Gasteiger partial charge >= 0.3 is 0 Å². The van der Waals surface area contributed by atoms with Gasteiger partial charge in [0.15, 0.2) is 0 Å². The Labute approximate surface area is 115 Å². The summed E-state index contributed by atoms with van der Waals surface area (Å²) in [7, 11) is 0. The van der Waals surface area contributed by atoms with E-state index in [0.29, 0.717) is 6.04 Å². The molecule has 2 nitrogen and oxygen atoms in total. The fraction of sp³-hybridized carbons (Fsp3) is 0.600. The molecule has 18 heavy (non-hydrogen) atoms. The number of nitrogens with zero attached hydrogens (tertiary/aromatic N) is 1. The molecule has 100 valence electrons. The molecule has 0 radical (unpaired) electrons. The standard InChI is InChI=1S/C15H23ClN2/c1-2-3-10-18(15-8-9-17-11-15)12-13-4-6-14(16)7-5-13/h4-7,15,17H,2-3,8-12H2,1H3. The summed E-state index contributed by atoms with van der Waals surface area (Å²) in [6, 6.07) is 8.96. The molecule has 1 atom stereocenters. The largest absolute Gasteiger partial charge is 0.315 e. The van der Waals surface area contributed by atoms with Crippen LogP contribution in [0, 0.1) is 0 Å². The van der Waals surface area contributed by atoms with Gasteiger partial charge in [0.25, 0.3) is 0 Å². The third-order valence-corrected chi connectivity index (χ3v) is 3.90. The molecule has 1 aromatic carbocycles. The van der Waals surface area contributed by atoms with E-state index in [4.69, 9.17) is 11.6 Å². The normalized spacial score (nSPS) is 19.6. The van der Waals surface area contributed by atoms with Crippen molar-refractivity contribution in [2.45, 2.75) is 38.8 Å². The molecule has 1 aliphatic heterocycles. The van der Waals surface area contributed by atoms with E-state index in [1.54, 1.807) is 0 Å². The summed E-state index contributed by atoms with van der Waals surface area (Å²) < 4.78 is 0. The summed E-state index contributed by atoms with van der Waals surface area (Å²) >= 11 is 5.94. The zero-order valence-corrected chi connectivity index (χ0v) is 11.9. The van der Waals surface area contributed by atoms with E-state index < -0.39 is 0 Å². The molecule has 1 unspecified atom stereocenters. The van der Waals surface area contributed by atoms with Crippen molar-refractivity contribution in [3.05, 3.63) is 34.9 Å². The van der Waals surface area contributed by atoms with Crippen molar-refractivity contribution in [2.24, 2.45) is 0 Å². The Bertz CT molecular complexity index is 344. The van der Waals surface area contributed by atoms with Crippen LogP contribution in [-0.4, -0.2) is 30.6 Å². The molecule has 1 N–H and O–H groups in total. The smallest absolute Gasteiger partial charge is 0.0406 e. The first kappa shape index (κ1) is 13.9. The lowest BCUT2D eigenvalue weighted by atomic mass is 10.1. The highest BCUT2D eigenvalue weighted by molar-refractivity contribution is 6.30. The van der Waals surface area contributed by atoms with Gasteiger partial charge in [-0.15, -0.1) is 0 Å². The molecule has 3 heteroatoms. The molecule has 0 aromatic heterocycles. The van der Waals surface area contributed by atoms with Gasteiger partial charge in [-0.1, -0.05) is 37.1 Å². The van der Waals surface area contributed by atoms with Crippen LogP contribution in [0.4, 0.5) is 0 Å². The number of unbranched alkanes of at least 4 members (excludes halogenated alkanes) is 1. The minimum Gasteiger partial charge on any atom is -0.315 e. The molecule has 0 bridgehead atoms. The lowest BCUT2D eigenvalue weighted by molar-refractivity contribution is 0.196. The van der Waals surface area contributed by atoms with E-state index in [9.17, 15) is 0 Å². The summed E-state index contributed by atoms with van der Waals surface area (Å²) in [6.45, 7) is 6.80. The van der Waals surface area contributed by atoms with Crippen LogP contribution in [0.5, 0.6) is 0 Å². The van der Waals surface area contributed by atoms with Crippen molar-refractivity contribution in [2.75, 3.05) is 19.6 Å². The van der Waals surface area contributed by atoms with Gasteiger partial charge in [-0.2, -0.15) is 0 Å². The van der Waals surface area contributed by atoms with Crippen molar-refractivity contribution in [3.63, 3.8) is 0 Å². The van der Waals surface area contributed by atoms with Crippen molar-refractivity contribution < 1.29 is 0 Å². The van der Waals surface area contributed by atoms with Crippen LogP contribution in [-0.2, 0) is 6.54 Å². The molecular formula is C15H23ClN2. The highest BCUT2D eigenvalue weighted by Gasteiger charge is 2.21. The van der Waals surface area contributed by atoms with Gasteiger partial charge < -0.3 is 5.32 Å². The van der Waals surface area contributed by atoms with E-state index in [-0.39, 0.29) is 0 Å². The van der Waals surface area contributed by atoms with Crippen molar-refractivity contribution >= 4 is 11.6 Å². The van der Waals surface area contributed by atoms with Gasteiger partial charge in [0.2, 0.25) is 0 Å². The molecule has 0 saturated carbocycles. The maximum Gasteiger partial charge on any atom is 0.0406 e. The van der Waals surface area contributed by atoms with E-state index >= 15 is 0 Å². The first-order valence-electron chi connectivity index (χ1n) is 6.99. The number of nitrogens with one attached hydrogen (secondary N) is 1. The number of hydrogen-bond acceptors (Lipinski definition) is 2. The lowest BCUT2D eigenvalue weighted by Gasteiger charge is -2.28. The predicted octanol–water partition coefficient (Wildman–Crippen LogP) is 3.30. The zero-order chi connectivity index (χ0) is 12.8. The number of benzene rings is 1. The summed E-state index contributed by atoms with van der Waals surface area (Å²) in [4.78, 5) is 2.62. The van der Waals surface area contributed by atoms with Crippen molar-refractivity contribution in [1.82, 2.24) is 10.2 Å². The molecule has 0 aliphatic carbocycles. The summed E-state index contributed by atoms with van der Waals surface area (Å²) in [6.07, 6.45) is 3.82. The highest BCUT2D eigenvalue weighted by atomic mass is 35.5. The van der Waals surface area contributed by atoms with Gasteiger partial charge in [-0.05, 0) is 43.6 Å². The van der Waals surface area contributed by atoms with E-state index in [1.165, 1.54) is 31.4 Å². The van der Waals surface area contributed by atoms with Crippen LogP contribution >= 0.6 is 11.6 Å². The summed E-state index contributed by atoms with van der Waals surface area (Å²) in [5.74, 6) is 0. The Morgan fingerprint density at radius 2 is 2.11 bits per heavy atom. The van der Waals surface area contributed by atoms with Gasteiger partial charge in [0, 0.05) is 24.2 Å². The Kier molecular flexibility index (Phi) is 5.48. The topological polar surface area (TPSA) is 15.3 Å². The molecule has 1 aromatic rings. The Hall–Kier alpha value is -0.570. The average Bonchev–Trinajstić information content (AvgIpc) is 2.90. The van der Waals surface area contributed by atoms with Crippen molar-refractivity contribution in [1.29, 1.82) is 0 Å². The Morgan fingerprint density at radius 1 is 1.33 bits per heavy atom. The third kappa shape index (κ3) is 3.98.